The minimum Gasteiger partial charge on any atom is -0.496 e. The van der Waals surface area contributed by atoms with Gasteiger partial charge in [-0.25, -0.2) is 0 Å². The molecule has 0 bridgehead atoms. The van der Waals surface area contributed by atoms with Gasteiger partial charge in [-0.05, 0) is 55.9 Å². The van der Waals surface area contributed by atoms with Gasteiger partial charge in [0.1, 0.15) is 5.75 Å². The summed E-state index contributed by atoms with van der Waals surface area (Å²) in [7, 11) is 5.57. The van der Waals surface area contributed by atoms with E-state index in [2.05, 4.69) is 10.6 Å². The summed E-state index contributed by atoms with van der Waals surface area (Å²) in [4.78, 5) is 27.4. The van der Waals surface area contributed by atoms with Crippen molar-refractivity contribution in [1.82, 2.24) is 10.2 Å². The van der Waals surface area contributed by atoms with Crippen LogP contribution in [0.5, 0.6) is 5.75 Å². The van der Waals surface area contributed by atoms with E-state index in [0.717, 1.165) is 11.3 Å². The molecule has 0 spiro atoms. The SMILES string of the molecule is COc1ccccc1[C@H](CNC(=O)c1ccc(NC(=O)c2cccs2)cc1)N(C)C. The maximum atomic E-state index is 12.6. The second-order valence-corrected chi connectivity index (χ2v) is 7.89. The standard InChI is InChI=1S/C23H25N3O3S/c1-26(2)19(18-7-4-5-8-20(18)29-3)15-24-22(27)16-10-12-17(13-11-16)25-23(28)21-9-6-14-30-21/h4-14,19H,15H2,1-3H3,(H,24,27)(H,25,28)/t19-/m0/s1. The predicted molar refractivity (Wildman–Crippen MR) is 120 cm³/mol. The highest BCUT2D eigenvalue weighted by molar-refractivity contribution is 7.12. The molecule has 0 saturated carbocycles. The molecule has 1 aromatic heterocycles. The Kier molecular flexibility index (Phi) is 7.21. The third-order valence-corrected chi connectivity index (χ3v) is 5.60. The van der Waals surface area contributed by atoms with E-state index in [1.807, 2.05) is 54.7 Å². The van der Waals surface area contributed by atoms with Crippen molar-refractivity contribution in [2.75, 3.05) is 33.1 Å². The zero-order valence-electron chi connectivity index (χ0n) is 17.2. The summed E-state index contributed by atoms with van der Waals surface area (Å²) >= 11 is 1.38. The van der Waals surface area contributed by atoms with Crippen molar-refractivity contribution >= 4 is 28.8 Å². The summed E-state index contributed by atoms with van der Waals surface area (Å²) in [5, 5.41) is 7.68. The fourth-order valence-corrected chi connectivity index (χ4v) is 3.73. The van der Waals surface area contributed by atoms with E-state index >= 15 is 0 Å². The van der Waals surface area contributed by atoms with Gasteiger partial charge in [0.25, 0.3) is 11.8 Å². The van der Waals surface area contributed by atoms with Gasteiger partial charge in [0, 0.05) is 23.4 Å². The number of hydrogen-bond donors (Lipinski definition) is 2. The van der Waals surface area contributed by atoms with Gasteiger partial charge in [0.05, 0.1) is 18.0 Å². The van der Waals surface area contributed by atoms with Crippen LogP contribution in [0.1, 0.15) is 31.6 Å². The van der Waals surface area contributed by atoms with E-state index in [9.17, 15) is 9.59 Å². The van der Waals surface area contributed by atoms with Crippen LogP contribution >= 0.6 is 11.3 Å². The fourth-order valence-electron chi connectivity index (χ4n) is 3.11. The van der Waals surface area contributed by atoms with Gasteiger partial charge in [0.2, 0.25) is 0 Å². The summed E-state index contributed by atoms with van der Waals surface area (Å²) in [6.45, 7) is 0.434. The van der Waals surface area contributed by atoms with E-state index in [1.54, 1.807) is 37.4 Å². The lowest BCUT2D eigenvalue weighted by molar-refractivity contribution is 0.0941. The number of ether oxygens (including phenoxy) is 1. The molecule has 0 aliphatic rings. The molecular weight excluding hydrogens is 398 g/mol. The molecule has 2 aromatic carbocycles. The molecule has 30 heavy (non-hydrogen) atoms. The van der Waals surface area contributed by atoms with Gasteiger partial charge >= 0.3 is 0 Å². The third-order valence-electron chi connectivity index (χ3n) is 4.73. The number of carbonyl (C=O) groups is 2. The van der Waals surface area contributed by atoms with E-state index < -0.39 is 0 Å². The maximum Gasteiger partial charge on any atom is 0.265 e. The van der Waals surface area contributed by atoms with Crippen molar-refractivity contribution < 1.29 is 14.3 Å². The molecule has 0 saturated heterocycles. The summed E-state index contributed by atoms with van der Waals surface area (Å²) in [5.74, 6) is 0.456. The summed E-state index contributed by atoms with van der Waals surface area (Å²) in [6.07, 6.45) is 0. The lowest BCUT2D eigenvalue weighted by Gasteiger charge is -2.26. The number of rotatable bonds is 8. The molecular formula is C23H25N3O3S. The van der Waals surface area contributed by atoms with Crippen LogP contribution in [0.3, 0.4) is 0 Å². The number of thiophene rings is 1. The molecule has 1 atom stereocenters. The Balaban J connectivity index is 1.63. The van der Waals surface area contributed by atoms with E-state index in [4.69, 9.17) is 4.74 Å². The minimum atomic E-state index is -0.173. The Morgan fingerprint density at radius 2 is 1.73 bits per heavy atom. The zero-order chi connectivity index (χ0) is 21.5. The number of methoxy groups -OCH3 is 1. The maximum absolute atomic E-state index is 12.6. The van der Waals surface area contributed by atoms with Crippen LogP contribution in [0.25, 0.3) is 0 Å². The van der Waals surface area contributed by atoms with E-state index in [1.165, 1.54) is 11.3 Å². The molecule has 6 nitrogen and oxygen atoms in total. The van der Waals surface area contributed by atoms with Crippen molar-refractivity contribution in [3.63, 3.8) is 0 Å². The molecule has 3 aromatic rings. The molecule has 2 amide bonds. The Bertz CT molecular complexity index is 985. The first-order valence-corrected chi connectivity index (χ1v) is 10.4. The lowest BCUT2D eigenvalue weighted by Crippen LogP contribution is -2.34. The van der Waals surface area contributed by atoms with Gasteiger partial charge in [-0.2, -0.15) is 0 Å². The Morgan fingerprint density at radius 1 is 1.00 bits per heavy atom. The topological polar surface area (TPSA) is 70.7 Å². The molecule has 156 valence electrons. The number of nitrogens with zero attached hydrogens (tertiary/aromatic N) is 1. The first kappa shape index (κ1) is 21.5. The van der Waals surface area contributed by atoms with Gasteiger partial charge in [-0.1, -0.05) is 24.3 Å². The summed E-state index contributed by atoms with van der Waals surface area (Å²) in [6, 6.07) is 18.2. The average Bonchev–Trinajstić information content (AvgIpc) is 3.29. The highest BCUT2D eigenvalue weighted by Gasteiger charge is 2.19. The number of nitrogens with one attached hydrogen (secondary N) is 2. The highest BCUT2D eigenvalue weighted by atomic mass is 32.1. The van der Waals surface area contributed by atoms with Gasteiger partial charge in [0.15, 0.2) is 0 Å². The molecule has 0 radical (unpaired) electrons. The molecule has 7 heteroatoms. The number of carbonyl (C=O) groups excluding carboxylic acids is 2. The van der Waals surface area contributed by atoms with Crippen molar-refractivity contribution in [2.24, 2.45) is 0 Å². The second-order valence-electron chi connectivity index (χ2n) is 6.94. The van der Waals surface area contributed by atoms with Gasteiger partial charge in [-0.15, -0.1) is 11.3 Å². The van der Waals surface area contributed by atoms with Crippen molar-refractivity contribution in [2.45, 2.75) is 6.04 Å². The molecule has 0 fully saturated rings. The van der Waals surface area contributed by atoms with Gasteiger partial charge < -0.3 is 20.3 Å². The van der Waals surface area contributed by atoms with E-state index in [-0.39, 0.29) is 17.9 Å². The van der Waals surface area contributed by atoms with Crippen LogP contribution < -0.4 is 15.4 Å². The number of amides is 2. The van der Waals surface area contributed by atoms with Crippen LogP contribution in [-0.4, -0.2) is 44.5 Å². The smallest absolute Gasteiger partial charge is 0.265 e. The minimum absolute atomic E-state index is 0.0329. The predicted octanol–water partition coefficient (Wildman–Crippen LogP) is 4.04. The number of likely N-dealkylation sites (N-methyl/N-ethyl adjacent to an activating group) is 1. The monoisotopic (exact) mass is 423 g/mol. The fraction of sp³-hybridized carbons (Fsp3) is 0.217. The molecule has 2 N–H and O–H groups in total. The summed E-state index contributed by atoms with van der Waals surface area (Å²) < 4.78 is 5.47. The average molecular weight is 424 g/mol. The van der Waals surface area contributed by atoms with Gasteiger partial charge in [-0.3, -0.25) is 9.59 Å². The summed E-state index contributed by atoms with van der Waals surface area (Å²) in [5.41, 5.74) is 2.18. The molecule has 0 aliphatic carbocycles. The first-order valence-electron chi connectivity index (χ1n) is 9.52. The Labute approximate surface area is 180 Å². The number of hydrogen-bond acceptors (Lipinski definition) is 5. The van der Waals surface area contributed by atoms with Crippen molar-refractivity contribution in [3.05, 3.63) is 82.0 Å². The lowest BCUT2D eigenvalue weighted by atomic mass is 10.0. The first-order chi connectivity index (χ1) is 14.5. The van der Waals surface area contributed by atoms with Crippen LogP contribution in [0.2, 0.25) is 0 Å². The number of anilines is 1. The number of para-hydroxylation sites is 1. The van der Waals surface area contributed by atoms with Crippen LogP contribution in [-0.2, 0) is 0 Å². The third kappa shape index (κ3) is 5.25. The van der Waals surface area contributed by atoms with Crippen molar-refractivity contribution in [3.8, 4) is 5.75 Å². The molecule has 3 rings (SSSR count). The largest absolute Gasteiger partial charge is 0.496 e. The highest BCUT2D eigenvalue weighted by Crippen LogP contribution is 2.27. The molecule has 0 unspecified atom stereocenters. The second kappa shape index (κ2) is 10.0. The Morgan fingerprint density at radius 3 is 2.37 bits per heavy atom. The molecule has 1 heterocycles. The number of benzene rings is 2. The van der Waals surface area contributed by atoms with Crippen LogP contribution in [0.15, 0.2) is 66.0 Å². The van der Waals surface area contributed by atoms with Crippen molar-refractivity contribution in [1.29, 1.82) is 0 Å². The molecule has 0 aliphatic heterocycles. The normalized spacial score (nSPS) is 11.7. The van der Waals surface area contributed by atoms with Crippen LogP contribution in [0, 0.1) is 0 Å². The van der Waals surface area contributed by atoms with E-state index in [0.29, 0.717) is 22.7 Å². The van der Waals surface area contributed by atoms with Crippen LogP contribution in [0.4, 0.5) is 5.69 Å². The Hall–Kier alpha value is -3.16. The quantitative estimate of drug-likeness (QED) is 0.574. The zero-order valence-corrected chi connectivity index (χ0v) is 18.0.